The lowest BCUT2D eigenvalue weighted by Crippen LogP contribution is -2.04. The number of Topliss-reactive ketones (excluding diaryl/α,β-unsaturated/α-hetero) is 1. The van der Waals surface area contributed by atoms with Gasteiger partial charge in [-0.2, -0.15) is 5.10 Å². The Hall–Kier alpha value is -1.49. The highest BCUT2D eigenvalue weighted by Crippen LogP contribution is 2.19. The van der Waals surface area contributed by atoms with Gasteiger partial charge in [-0.1, -0.05) is 0 Å². The summed E-state index contributed by atoms with van der Waals surface area (Å²) in [7, 11) is 1.89. The van der Waals surface area contributed by atoms with Gasteiger partial charge in [0.25, 0.3) is 0 Å². The minimum absolute atomic E-state index is 0.175. The molecule has 0 radical (unpaired) electrons. The van der Waals surface area contributed by atoms with E-state index in [-0.39, 0.29) is 5.78 Å². The predicted octanol–water partition coefficient (Wildman–Crippen LogP) is 2.31. The average molecular weight is 249 g/mol. The Labute approximate surface area is 104 Å². The standard InChI is InChI=1S/C12H15N3OS/c1-8-12(17-9(2)14-8)11(16)5-4-10-6-7-13-15(10)3/h6-7H,4-5H2,1-3H3. The van der Waals surface area contributed by atoms with Crippen LogP contribution in [0, 0.1) is 13.8 Å². The Bertz CT molecular complexity index is 542. The number of thiazole rings is 1. The van der Waals surface area contributed by atoms with Crippen LogP contribution in [0.15, 0.2) is 12.3 Å². The maximum absolute atomic E-state index is 12.0. The largest absolute Gasteiger partial charge is 0.293 e. The molecule has 0 amide bonds. The van der Waals surface area contributed by atoms with Crippen LogP contribution < -0.4 is 0 Å². The van der Waals surface area contributed by atoms with Gasteiger partial charge >= 0.3 is 0 Å². The van der Waals surface area contributed by atoms with Crippen molar-refractivity contribution in [2.45, 2.75) is 26.7 Å². The maximum Gasteiger partial charge on any atom is 0.175 e. The molecule has 17 heavy (non-hydrogen) atoms. The summed E-state index contributed by atoms with van der Waals surface area (Å²) in [5.74, 6) is 0.175. The number of aryl methyl sites for hydroxylation is 4. The van der Waals surface area contributed by atoms with E-state index in [4.69, 9.17) is 0 Å². The third kappa shape index (κ3) is 2.61. The van der Waals surface area contributed by atoms with Gasteiger partial charge in [-0.05, 0) is 26.3 Å². The van der Waals surface area contributed by atoms with Gasteiger partial charge in [0.1, 0.15) is 0 Å². The first-order valence-corrected chi connectivity index (χ1v) is 6.33. The molecule has 0 aliphatic heterocycles. The smallest absolute Gasteiger partial charge is 0.175 e. The van der Waals surface area contributed by atoms with Crippen molar-refractivity contribution in [1.82, 2.24) is 14.8 Å². The lowest BCUT2D eigenvalue weighted by molar-refractivity contribution is 0.0985. The highest BCUT2D eigenvalue weighted by atomic mass is 32.1. The molecule has 5 heteroatoms. The first-order valence-electron chi connectivity index (χ1n) is 5.52. The summed E-state index contributed by atoms with van der Waals surface area (Å²) in [5, 5.41) is 5.03. The zero-order valence-corrected chi connectivity index (χ0v) is 11.0. The second-order valence-electron chi connectivity index (χ2n) is 4.02. The van der Waals surface area contributed by atoms with E-state index in [1.807, 2.05) is 27.0 Å². The molecule has 0 atom stereocenters. The van der Waals surface area contributed by atoms with Crippen LogP contribution in [0.25, 0.3) is 0 Å². The van der Waals surface area contributed by atoms with Crippen molar-refractivity contribution in [2.24, 2.45) is 7.05 Å². The minimum atomic E-state index is 0.175. The SMILES string of the molecule is Cc1nc(C)c(C(=O)CCc2ccnn2C)s1. The number of ketones is 1. The molecule has 0 saturated carbocycles. The van der Waals surface area contributed by atoms with Crippen LogP contribution in [-0.2, 0) is 13.5 Å². The normalized spacial score (nSPS) is 10.8. The van der Waals surface area contributed by atoms with Crippen molar-refractivity contribution in [3.05, 3.63) is 33.5 Å². The lowest BCUT2D eigenvalue weighted by atomic mass is 10.1. The molecule has 0 aliphatic rings. The highest BCUT2D eigenvalue weighted by Gasteiger charge is 2.14. The Morgan fingerprint density at radius 1 is 1.47 bits per heavy atom. The Morgan fingerprint density at radius 3 is 2.76 bits per heavy atom. The molecule has 0 bridgehead atoms. The molecule has 2 heterocycles. The van der Waals surface area contributed by atoms with E-state index >= 15 is 0 Å². The number of carbonyl (C=O) groups excluding carboxylic acids is 1. The second-order valence-corrected chi connectivity index (χ2v) is 5.22. The first-order chi connectivity index (χ1) is 8.08. The van der Waals surface area contributed by atoms with Gasteiger partial charge in [0.15, 0.2) is 5.78 Å². The van der Waals surface area contributed by atoms with E-state index in [9.17, 15) is 4.79 Å². The predicted molar refractivity (Wildman–Crippen MR) is 67.4 cm³/mol. The summed E-state index contributed by atoms with van der Waals surface area (Å²) in [6, 6.07) is 1.94. The number of nitrogens with zero attached hydrogens (tertiary/aromatic N) is 3. The van der Waals surface area contributed by atoms with Crippen molar-refractivity contribution in [1.29, 1.82) is 0 Å². The van der Waals surface area contributed by atoms with E-state index in [2.05, 4.69) is 10.1 Å². The molecule has 0 fully saturated rings. The zero-order valence-electron chi connectivity index (χ0n) is 10.2. The highest BCUT2D eigenvalue weighted by molar-refractivity contribution is 7.13. The molecule has 2 aromatic heterocycles. The molecule has 4 nitrogen and oxygen atoms in total. The van der Waals surface area contributed by atoms with Gasteiger partial charge in [0, 0.05) is 25.4 Å². The summed E-state index contributed by atoms with van der Waals surface area (Å²) in [4.78, 5) is 17.1. The molecule has 0 unspecified atom stereocenters. The fraction of sp³-hybridized carbons (Fsp3) is 0.417. The van der Waals surface area contributed by atoms with E-state index < -0.39 is 0 Å². The van der Waals surface area contributed by atoms with Crippen LogP contribution >= 0.6 is 11.3 Å². The summed E-state index contributed by atoms with van der Waals surface area (Å²) in [6.07, 6.45) is 3.00. The van der Waals surface area contributed by atoms with Crippen molar-refractivity contribution < 1.29 is 4.79 Å². The van der Waals surface area contributed by atoms with Crippen LogP contribution in [-0.4, -0.2) is 20.5 Å². The fourth-order valence-electron chi connectivity index (χ4n) is 1.79. The number of aromatic nitrogens is 3. The molecule has 0 aliphatic carbocycles. The number of hydrogen-bond acceptors (Lipinski definition) is 4. The van der Waals surface area contributed by atoms with Gasteiger partial charge in [0.05, 0.1) is 15.6 Å². The Kier molecular flexibility index (Phi) is 3.38. The van der Waals surface area contributed by atoms with Crippen LogP contribution in [0.5, 0.6) is 0 Å². The van der Waals surface area contributed by atoms with Crippen molar-refractivity contribution in [3.8, 4) is 0 Å². The van der Waals surface area contributed by atoms with Crippen LogP contribution in [0.3, 0.4) is 0 Å². The minimum Gasteiger partial charge on any atom is -0.293 e. The quantitative estimate of drug-likeness (QED) is 0.781. The summed E-state index contributed by atoms with van der Waals surface area (Å²) in [6.45, 7) is 3.82. The van der Waals surface area contributed by atoms with Gasteiger partial charge in [-0.3, -0.25) is 9.48 Å². The van der Waals surface area contributed by atoms with Gasteiger partial charge in [-0.15, -0.1) is 11.3 Å². The maximum atomic E-state index is 12.0. The third-order valence-electron chi connectivity index (χ3n) is 2.69. The summed E-state index contributed by atoms with van der Waals surface area (Å²) >= 11 is 1.48. The number of hydrogen-bond donors (Lipinski definition) is 0. The molecule has 2 aromatic rings. The average Bonchev–Trinajstić information content (AvgIpc) is 2.81. The van der Waals surface area contributed by atoms with Crippen LogP contribution in [0.2, 0.25) is 0 Å². The molecule has 2 rings (SSSR count). The van der Waals surface area contributed by atoms with Crippen molar-refractivity contribution in [3.63, 3.8) is 0 Å². The van der Waals surface area contributed by atoms with Crippen molar-refractivity contribution >= 4 is 17.1 Å². The molecule has 0 spiro atoms. The third-order valence-corrected chi connectivity index (χ3v) is 3.80. The molecule has 90 valence electrons. The summed E-state index contributed by atoms with van der Waals surface area (Å²) < 4.78 is 1.80. The van der Waals surface area contributed by atoms with Crippen LogP contribution in [0.4, 0.5) is 0 Å². The van der Waals surface area contributed by atoms with E-state index in [0.717, 1.165) is 27.7 Å². The monoisotopic (exact) mass is 249 g/mol. The lowest BCUT2D eigenvalue weighted by Gasteiger charge is -2.00. The Balaban J connectivity index is 2.03. The Morgan fingerprint density at radius 2 is 2.24 bits per heavy atom. The molecule has 0 N–H and O–H groups in total. The van der Waals surface area contributed by atoms with Crippen LogP contribution in [0.1, 0.15) is 32.5 Å². The zero-order chi connectivity index (χ0) is 12.4. The number of carbonyl (C=O) groups is 1. The number of rotatable bonds is 4. The molecular weight excluding hydrogens is 234 g/mol. The van der Waals surface area contributed by atoms with Gasteiger partial charge in [0.2, 0.25) is 0 Å². The summed E-state index contributed by atoms with van der Waals surface area (Å²) in [5.41, 5.74) is 1.93. The van der Waals surface area contributed by atoms with E-state index in [0.29, 0.717) is 6.42 Å². The van der Waals surface area contributed by atoms with Crippen molar-refractivity contribution in [2.75, 3.05) is 0 Å². The molecule has 0 saturated heterocycles. The van der Waals surface area contributed by atoms with E-state index in [1.54, 1.807) is 10.9 Å². The molecular formula is C12H15N3OS. The van der Waals surface area contributed by atoms with Gasteiger partial charge in [-0.25, -0.2) is 4.98 Å². The molecule has 0 aromatic carbocycles. The second kappa shape index (κ2) is 4.79. The topological polar surface area (TPSA) is 47.8 Å². The fourth-order valence-corrected chi connectivity index (χ4v) is 2.68. The van der Waals surface area contributed by atoms with Gasteiger partial charge < -0.3 is 0 Å². The first kappa shape index (κ1) is 12.0. The van der Waals surface area contributed by atoms with E-state index in [1.165, 1.54) is 11.3 Å².